The van der Waals surface area contributed by atoms with E-state index in [-0.39, 0.29) is 11.0 Å². The molecule has 0 saturated carbocycles. The van der Waals surface area contributed by atoms with Crippen LogP contribution in [0.3, 0.4) is 0 Å². The van der Waals surface area contributed by atoms with Gasteiger partial charge in [0.25, 0.3) is 0 Å². The minimum absolute atomic E-state index is 0.224. The minimum Gasteiger partial charge on any atom is -0.379 e. The summed E-state index contributed by atoms with van der Waals surface area (Å²) in [7, 11) is -3.48. The van der Waals surface area contributed by atoms with Crippen molar-refractivity contribution in [1.82, 2.24) is 9.29 Å². The van der Waals surface area contributed by atoms with Crippen LogP contribution in [0.2, 0.25) is 0 Å². The van der Waals surface area contributed by atoms with Gasteiger partial charge in [-0.2, -0.15) is 4.31 Å². The van der Waals surface area contributed by atoms with E-state index in [1.165, 1.54) is 10.5 Å². The molecule has 0 amide bonds. The summed E-state index contributed by atoms with van der Waals surface area (Å²) in [6.45, 7) is 6.11. The number of anilines is 1. The van der Waals surface area contributed by atoms with E-state index in [1.54, 1.807) is 12.1 Å². The van der Waals surface area contributed by atoms with Crippen molar-refractivity contribution < 1.29 is 17.9 Å². The Morgan fingerprint density at radius 2 is 2.08 bits per heavy atom. The van der Waals surface area contributed by atoms with Gasteiger partial charge < -0.3 is 14.4 Å². The van der Waals surface area contributed by atoms with E-state index in [4.69, 9.17) is 9.47 Å². The highest BCUT2D eigenvalue weighted by Gasteiger charge is 2.27. The maximum Gasteiger partial charge on any atom is 0.244 e. The summed E-state index contributed by atoms with van der Waals surface area (Å²) in [5.74, 6) is 0.806. The summed E-state index contributed by atoms with van der Waals surface area (Å²) in [6, 6.07) is 3.44. The van der Waals surface area contributed by atoms with Crippen molar-refractivity contribution in [3.05, 3.63) is 18.3 Å². The lowest BCUT2D eigenvalue weighted by Crippen LogP contribution is -2.41. The van der Waals surface area contributed by atoms with Crippen molar-refractivity contribution >= 4 is 15.8 Å². The Bertz CT molecular complexity index is 627. The zero-order valence-electron chi connectivity index (χ0n) is 14.1. The SMILES string of the molecule is CCOC1CCCN(c2ccc(S(=O)(=O)N3CCOCC3)cn2)C1. The van der Waals surface area contributed by atoms with Gasteiger partial charge in [0.15, 0.2) is 0 Å². The van der Waals surface area contributed by atoms with Gasteiger partial charge in [0.1, 0.15) is 10.7 Å². The first-order valence-electron chi connectivity index (χ1n) is 8.52. The van der Waals surface area contributed by atoms with Crippen LogP contribution in [0.25, 0.3) is 0 Å². The van der Waals surface area contributed by atoms with Gasteiger partial charge in [-0.15, -0.1) is 0 Å². The summed E-state index contributed by atoms with van der Waals surface area (Å²) < 4.78 is 37.6. The van der Waals surface area contributed by atoms with Crippen LogP contribution in [0.4, 0.5) is 5.82 Å². The molecule has 3 rings (SSSR count). The number of ether oxygens (including phenoxy) is 2. The fourth-order valence-electron chi connectivity index (χ4n) is 3.17. The lowest BCUT2D eigenvalue weighted by Gasteiger charge is -2.33. The maximum absolute atomic E-state index is 12.6. The van der Waals surface area contributed by atoms with Crippen LogP contribution < -0.4 is 4.90 Å². The van der Waals surface area contributed by atoms with Gasteiger partial charge in [0, 0.05) is 39.0 Å². The van der Waals surface area contributed by atoms with Crippen LogP contribution in [0.15, 0.2) is 23.2 Å². The summed E-state index contributed by atoms with van der Waals surface area (Å²) in [5.41, 5.74) is 0. The molecule has 2 aliphatic heterocycles. The third kappa shape index (κ3) is 3.88. The van der Waals surface area contributed by atoms with Crippen molar-refractivity contribution in [3.8, 4) is 0 Å². The Morgan fingerprint density at radius 1 is 1.29 bits per heavy atom. The zero-order valence-corrected chi connectivity index (χ0v) is 14.9. The third-order valence-corrected chi connectivity index (χ3v) is 6.32. The zero-order chi connectivity index (χ0) is 17.0. The monoisotopic (exact) mass is 355 g/mol. The van der Waals surface area contributed by atoms with Gasteiger partial charge in [-0.25, -0.2) is 13.4 Å². The van der Waals surface area contributed by atoms with Crippen LogP contribution in [0.1, 0.15) is 19.8 Å². The quantitative estimate of drug-likeness (QED) is 0.788. The highest BCUT2D eigenvalue weighted by molar-refractivity contribution is 7.89. The Balaban J connectivity index is 1.70. The number of piperidine rings is 1. The number of sulfonamides is 1. The van der Waals surface area contributed by atoms with Crippen LogP contribution in [0.5, 0.6) is 0 Å². The van der Waals surface area contributed by atoms with E-state index in [1.807, 2.05) is 6.92 Å². The molecule has 0 radical (unpaired) electrons. The number of hydrogen-bond donors (Lipinski definition) is 0. The first-order valence-corrected chi connectivity index (χ1v) is 9.96. The van der Waals surface area contributed by atoms with Gasteiger partial charge in [0.05, 0.1) is 19.3 Å². The highest BCUT2D eigenvalue weighted by atomic mass is 32.2. The minimum atomic E-state index is -3.48. The summed E-state index contributed by atoms with van der Waals surface area (Å²) >= 11 is 0. The molecule has 2 saturated heterocycles. The molecule has 7 nitrogen and oxygen atoms in total. The molecule has 134 valence electrons. The number of pyridine rings is 1. The lowest BCUT2D eigenvalue weighted by molar-refractivity contribution is 0.0525. The van der Waals surface area contributed by atoms with Gasteiger partial charge in [-0.05, 0) is 31.9 Å². The lowest BCUT2D eigenvalue weighted by atomic mass is 10.1. The number of morpholine rings is 1. The van der Waals surface area contributed by atoms with Crippen molar-refractivity contribution in [3.63, 3.8) is 0 Å². The Labute approximate surface area is 143 Å². The molecule has 3 heterocycles. The van der Waals surface area contributed by atoms with E-state index >= 15 is 0 Å². The van der Waals surface area contributed by atoms with E-state index in [0.29, 0.717) is 32.9 Å². The van der Waals surface area contributed by atoms with Crippen molar-refractivity contribution in [1.29, 1.82) is 0 Å². The molecule has 8 heteroatoms. The second kappa shape index (κ2) is 7.77. The second-order valence-electron chi connectivity index (χ2n) is 6.03. The van der Waals surface area contributed by atoms with Gasteiger partial charge in [-0.1, -0.05) is 0 Å². The maximum atomic E-state index is 12.6. The number of aromatic nitrogens is 1. The Hall–Kier alpha value is -1.22. The Kier molecular flexibility index (Phi) is 5.70. The molecular formula is C16H25N3O4S. The predicted octanol–water partition coefficient (Wildman–Crippen LogP) is 1.11. The number of nitrogens with zero attached hydrogens (tertiary/aromatic N) is 3. The van der Waals surface area contributed by atoms with Crippen molar-refractivity contribution in [2.24, 2.45) is 0 Å². The molecule has 0 aromatic carbocycles. The molecule has 2 aliphatic rings. The largest absolute Gasteiger partial charge is 0.379 e. The summed E-state index contributed by atoms with van der Waals surface area (Å²) in [6.07, 6.45) is 3.81. The average molecular weight is 355 g/mol. The third-order valence-electron chi connectivity index (χ3n) is 4.43. The molecular weight excluding hydrogens is 330 g/mol. The van der Waals surface area contributed by atoms with E-state index < -0.39 is 10.0 Å². The van der Waals surface area contributed by atoms with Crippen molar-refractivity contribution in [2.45, 2.75) is 30.8 Å². The smallest absolute Gasteiger partial charge is 0.244 e. The van der Waals surface area contributed by atoms with Crippen LogP contribution in [-0.4, -0.2) is 69.8 Å². The summed E-state index contributed by atoms with van der Waals surface area (Å²) in [5, 5.41) is 0. The molecule has 1 aromatic heterocycles. The van der Waals surface area contributed by atoms with Gasteiger partial charge >= 0.3 is 0 Å². The van der Waals surface area contributed by atoms with E-state index in [0.717, 1.165) is 31.7 Å². The summed E-state index contributed by atoms with van der Waals surface area (Å²) in [4.78, 5) is 6.80. The highest BCUT2D eigenvalue weighted by Crippen LogP contribution is 2.22. The molecule has 0 spiro atoms. The fourth-order valence-corrected chi connectivity index (χ4v) is 4.52. The molecule has 0 N–H and O–H groups in total. The molecule has 1 aromatic rings. The second-order valence-corrected chi connectivity index (χ2v) is 7.97. The van der Waals surface area contributed by atoms with Crippen LogP contribution in [0, 0.1) is 0 Å². The predicted molar refractivity (Wildman–Crippen MR) is 90.7 cm³/mol. The normalized spacial score (nSPS) is 23.4. The van der Waals surface area contributed by atoms with Gasteiger partial charge in [0.2, 0.25) is 10.0 Å². The van der Waals surface area contributed by atoms with E-state index in [2.05, 4.69) is 9.88 Å². The molecule has 1 unspecified atom stereocenters. The molecule has 0 aliphatic carbocycles. The fraction of sp³-hybridized carbons (Fsp3) is 0.688. The molecule has 24 heavy (non-hydrogen) atoms. The topological polar surface area (TPSA) is 72.0 Å². The first-order chi connectivity index (χ1) is 11.6. The number of rotatable bonds is 5. The number of hydrogen-bond acceptors (Lipinski definition) is 6. The average Bonchev–Trinajstić information content (AvgIpc) is 2.63. The molecule has 2 fully saturated rings. The van der Waals surface area contributed by atoms with E-state index in [9.17, 15) is 8.42 Å². The van der Waals surface area contributed by atoms with Crippen molar-refractivity contribution in [2.75, 3.05) is 50.9 Å². The first kappa shape index (κ1) is 17.6. The van der Waals surface area contributed by atoms with Crippen LogP contribution in [-0.2, 0) is 19.5 Å². The molecule has 0 bridgehead atoms. The Morgan fingerprint density at radius 3 is 2.75 bits per heavy atom. The standard InChI is InChI=1S/C16H25N3O4S/c1-2-23-14-4-3-7-18(13-14)16-6-5-15(12-17-16)24(20,21)19-8-10-22-11-9-19/h5-6,12,14H,2-4,7-11,13H2,1H3. The molecule has 1 atom stereocenters. The van der Waals surface area contributed by atoms with Crippen LogP contribution >= 0.6 is 0 Å². The van der Waals surface area contributed by atoms with Gasteiger partial charge in [-0.3, -0.25) is 0 Å².